The highest BCUT2D eigenvalue weighted by atomic mass is 16.5. The number of ether oxygens (including phenoxy) is 1. The molecular weight excluding hydrogens is 212 g/mol. The van der Waals surface area contributed by atoms with Crippen molar-refractivity contribution in [1.82, 2.24) is 5.32 Å². The fraction of sp³-hybridized carbons (Fsp3) is 0.929. The molecule has 0 rings (SSSR count). The number of hydrogen-bond acceptors (Lipinski definition) is 3. The van der Waals surface area contributed by atoms with E-state index in [1.807, 2.05) is 13.8 Å². The molecule has 0 spiro atoms. The van der Waals surface area contributed by atoms with E-state index in [-0.39, 0.29) is 5.41 Å². The second-order valence-corrected chi connectivity index (χ2v) is 5.67. The molecule has 0 radical (unpaired) electrons. The van der Waals surface area contributed by atoms with Crippen LogP contribution in [0.25, 0.3) is 0 Å². The first kappa shape index (κ1) is 16.4. The zero-order valence-corrected chi connectivity index (χ0v) is 11.9. The minimum absolute atomic E-state index is 0.179. The van der Waals surface area contributed by atoms with Crippen molar-refractivity contribution in [2.75, 3.05) is 26.3 Å². The first-order valence-corrected chi connectivity index (χ1v) is 6.67. The average Bonchev–Trinajstić information content (AvgIpc) is 2.26. The number of hydrogen-bond donors (Lipinski definition) is 1. The van der Waals surface area contributed by atoms with E-state index >= 15 is 0 Å². The second kappa shape index (κ2) is 9.44. The summed E-state index contributed by atoms with van der Waals surface area (Å²) in [6.45, 7) is 12.0. The van der Waals surface area contributed by atoms with E-state index in [4.69, 9.17) is 10.00 Å². The monoisotopic (exact) mass is 240 g/mol. The van der Waals surface area contributed by atoms with E-state index in [0.29, 0.717) is 5.92 Å². The summed E-state index contributed by atoms with van der Waals surface area (Å²) in [5, 5.41) is 12.2. The summed E-state index contributed by atoms with van der Waals surface area (Å²) in [6, 6.07) is 2.32. The highest BCUT2D eigenvalue weighted by Gasteiger charge is 2.14. The van der Waals surface area contributed by atoms with Gasteiger partial charge in [0.25, 0.3) is 0 Å². The van der Waals surface area contributed by atoms with Crippen molar-refractivity contribution < 1.29 is 4.74 Å². The summed E-state index contributed by atoms with van der Waals surface area (Å²) in [4.78, 5) is 0. The van der Waals surface area contributed by atoms with Gasteiger partial charge in [0.15, 0.2) is 0 Å². The van der Waals surface area contributed by atoms with Gasteiger partial charge in [0.2, 0.25) is 0 Å². The maximum Gasteiger partial charge on any atom is 0.0683 e. The van der Waals surface area contributed by atoms with Crippen molar-refractivity contribution in [2.24, 2.45) is 11.3 Å². The third-order valence-electron chi connectivity index (χ3n) is 2.55. The van der Waals surface area contributed by atoms with Crippen LogP contribution in [0, 0.1) is 22.7 Å². The fourth-order valence-corrected chi connectivity index (χ4v) is 1.45. The predicted octanol–water partition coefficient (Wildman–Crippen LogP) is 2.97. The van der Waals surface area contributed by atoms with Gasteiger partial charge in [-0.25, -0.2) is 0 Å². The molecular formula is C14H28N2O. The van der Waals surface area contributed by atoms with Gasteiger partial charge in [0, 0.05) is 13.2 Å². The van der Waals surface area contributed by atoms with Crippen LogP contribution in [-0.2, 0) is 4.74 Å². The van der Waals surface area contributed by atoms with Gasteiger partial charge < -0.3 is 10.1 Å². The van der Waals surface area contributed by atoms with Crippen LogP contribution in [-0.4, -0.2) is 26.3 Å². The molecule has 0 amide bonds. The Bertz CT molecular complexity index is 219. The van der Waals surface area contributed by atoms with Crippen LogP contribution in [0.4, 0.5) is 0 Å². The lowest BCUT2D eigenvalue weighted by Crippen LogP contribution is -2.20. The molecule has 100 valence electrons. The molecule has 0 saturated heterocycles. The van der Waals surface area contributed by atoms with Crippen LogP contribution in [0.15, 0.2) is 0 Å². The second-order valence-electron chi connectivity index (χ2n) is 5.67. The van der Waals surface area contributed by atoms with E-state index < -0.39 is 0 Å². The third-order valence-corrected chi connectivity index (χ3v) is 2.55. The number of nitrogens with zero attached hydrogens (tertiary/aromatic N) is 1. The van der Waals surface area contributed by atoms with Crippen molar-refractivity contribution >= 4 is 0 Å². The molecule has 0 aromatic heterocycles. The molecule has 0 aliphatic carbocycles. The van der Waals surface area contributed by atoms with Gasteiger partial charge in [-0.2, -0.15) is 5.26 Å². The van der Waals surface area contributed by atoms with Gasteiger partial charge in [-0.3, -0.25) is 0 Å². The quantitative estimate of drug-likeness (QED) is 0.597. The maximum atomic E-state index is 8.85. The maximum absolute atomic E-state index is 8.85. The first-order valence-electron chi connectivity index (χ1n) is 6.67. The Hall–Kier alpha value is -0.590. The lowest BCUT2D eigenvalue weighted by Gasteiger charge is -2.14. The van der Waals surface area contributed by atoms with Crippen LogP contribution in [0.2, 0.25) is 0 Å². The molecule has 0 saturated carbocycles. The zero-order chi connectivity index (χ0) is 13.1. The minimum Gasteiger partial charge on any atom is -0.381 e. The van der Waals surface area contributed by atoms with Crippen LogP contribution in [0.1, 0.15) is 47.0 Å². The molecule has 0 bridgehead atoms. The van der Waals surface area contributed by atoms with E-state index in [0.717, 1.165) is 45.6 Å². The molecule has 0 aromatic rings. The normalized spacial score (nSPS) is 11.8. The molecule has 0 aliphatic rings. The fourth-order valence-electron chi connectivity index (χ4n) is 1.45. The minimum atomic E-state index is -0.179. The van der Waals surface area contributed by atoms with Crippen molar-refractivity contribution in [1.29, 1.82) is 5.26 Å². The molecule has 3 nitrogen and oxygen atoms in total. The predicted molar refractivity (Wildman–Crippen MR) is 71.8 cm³/mol. The van der Waals surface area contributed by atoms with Crippen molar-refractivity contribution in [2.45, 2.75) is 47.0 Å². The number of nitrogens with one attached hydrogen (secondary N) is 1. The number of rotatable bonds is 10. The van der Waals surface area contributed by atoms with E-state index in [9.17, 15) is 0 Å². The lowest BCUT2D eigenvalue weighted by atomic mass is 9.90. The summed E-state index contributed by atoms with van der Waals surface area (Å²) < 4.78 is 5.49. The molecule has 0 unspecified atom stereocenters. The summed E-state index contributed by atoms with van der Waals surface area (Å²) in [5.41, 5.74) is -0.179. The highest BCUT2D eigenvalue weighted by molar-refractivity contribution is 4.91. The van der Waals surface area contributed by atoms with E-state index in [1.165, 1.54) is 0 Å². The summed E-state index contributed by atoms with van der Waals surface area (Å²) >= 11 is 0. The highest BCUT2D eigenvalue weighted by Crippen LogP contribution is 2.19. The molecule has 0 aliphatic heterocycles. The lowest BCUT2D eigenvalue weighted by molar-refractivity contribution is 0.108. The zero-order valence-electron chi connectivity index (χ0n) is 11.9. The molecule has 1 N–H and O–H groups in total. The summed E-state index contributed by atoms with van der Waals surface area (Å²) in [6.07, 6.45) is 3.09. The Balaban J connectivity index is 3.17. The Morgan fingerprint density at radius 2 is 1.88 bits per heavy atom. The SMILES string of the molecule is CC(C)COCCCNCCCC(C)(C)C#N. The van der Waals surface area contributed by atoms with Gasteiger partial charge in [-0.05, 0) is 52.1 Å². The van der Waals surface area contributed by atoms with E-state index in [2.05, 4.69) is 25.2 Å². The number of nitriles is 1. The molecule has 3 heteroatoms. The smallest absolute Gasteiger partial charge is 0.0683 e. The van der Waals surface area contributed by atoms with Crippen molar-refractivity contribution in [3.63, 3.8) is 0 Å². The Morgan fingerprint density at radius 3 is 2.47 bits per heavy atom. The van der Waals surface area contributed by atoms with Gasteiger partial charge in [0.1, 0.15) is 0 Å². The van der Waals surface area contributed by atoms with Gasteiger partial charge in [-0.15, -0.1) is 0 Å². The van der Waals surface area contributed by atoms with Gasteiger partial charge >= 0.3 is 0 Å². The molecule has 0 atom stereocenters. The van der Waals surface area contributed by atoms with Gasteiger partial charge in [-0.1, -0.05) is 13.8 Å². The van der Waals surface area contributed by atoms with Crippen LogP contribution in [0.3, 0.4) is 0 Å². The summed E-state index contributed by atoms with van der Waals surface area (Å²) in [5.74, 6) is 0.621. The molecule has 0 heterocycles. The molecule has 0 fully saturated rings. The van der Waals surface area contributed by atoms with Gasteiger partial charge in [0.05, 0.1) is 11.5 Å². The Morgan fingerprint density at radius 1 is 1.24 bits per heavy atom. The van der Waals surface area contributed by atoms with Crippen LogP contribution >= 0.6 is 0 Å². The van der Waals surface area contributed by atoms with Crippen molar-refractivity contribution in [3.8, 4) is 6.07 Å². The van der Waals surface area contributed by atoms with E-state index in [1.54, 1.807) is 0 Å². The van der Waals surface area contributed by atoms with Crippen molar-refractivity contribution in [3.05, 3.63) is 0 Å². The first-order chi connectivity index (χ1) is 7.98. The summed E-state index contributed by atoms with van der Waals surface area (Å²) in [7, 11) is 0. The van der Waals surface area contributed by atoms with Crippen LogP contribution in [0.5, 0.6) is 0 Å². The molecule has 0 aromatic carbocycles. The Labute approximate surface area is 107 Å². The largest absolute Gasteiger partial charge is 0.381 e. The average molecular weight is 240 g/mol. The topological polar surface area (TPSA) is 45.0 Å². The Kier molecular flexibility index (Phi) is 9.11. The van der Waals surface area contributed by atoms with Crippen LogP contribution < -0.4 is 5.32 Å². The molecule has 17 heavy (non-hydrogen) atoms. The standard InChI is InChI=1S/C14H28N2O/c1-13(2)11-17-10-6-9-16-8-5-7-14(3,4)12-15/h13,16H,5-11H2,1-4H3. The third kappa shape index (κ3) is 11.7.